The van der Waals surface area contributed by atoms with Crippen LogP contribution in [0.3, 0.4) is 0 Å². The molecule has 1 unspecified atom stereocenters. The third-order valence-electron chi connectivity index (χ3n) is 6.57. The van der Waals surface area contributed by atoms with E-state index in [0.717, 1.165) is 42.9 Å². The van der Waals surface area contributed by atoms with Crippen molar-refractivity contribution >= 4 is 5.91 Å². The molecule has 0 aliphatic carbocycles. The Hall–Kier alpha value is -3.11. The third kappa shape index (κ3) is 5.20. The van der Waals surface area contributed by atoms with Gasteiger partial charge in [-0.3, -0.25) is 4.79 Å². The molecule has 1 heterocycles. The summed E-state index contributed by atoms with van der Waals surface area (Å²) >= 11 is 0. The van der Waals surface area contributed by atoms with Gasteiger partial charge in [0.25, 0.3) is 0 Å². The fraction of sp³-hybridized carbons (Fsp3) is 0.321. The summed E-state index contributed by atoms with van der Waals surface area (Å²) in [6, 6.07) is 28.8. The molecule has 4 rings (SSSR count). The molecule has 1 N–H and O–H groups in total. The number of methoxy groups -OCH3 is 1. The number of rotatable bonds is 8. The third-order valence-corrected chi connectivity index (χ3v) is 6.57. The Morgan fingerprint density at radius 1 is 0.906 bits per heavy atom. The lowest BCUT2D eigenvalue weighted by molar-refractivity contribution is -0.121. The highest BCUT2D eigenvalue weighted by molar-refractivity contribution is 5.77. The van der Waals surface area contributed by atoms with Gasteiger partial charge in [-0.2, -0.15) is 0 Å². The van der Waals surface area contributed by atoms with Crippen molar-refractivity contribution in [1.82, 2.24) is 5.32 Å². The highest BCUT2D eigenvalue weighted by atomic mass is 16.5. The molecular formula is C28H31NO3. The molecule has 1 aliphatic heterocycles. The monoisotopic (exact) mass is 429 g/mol. The van der Waals surface area contributed by atoms with Crippen molar-refractivity contribution in [2.45, 2.75) is 30.6 Å². The van der Waals surface area contributed by atoms with Gasteiger partial charge in [-0.1, -0.05) is 72.8 Å². The Labute approximate surface area is 190 Å². The van der Waals surface area contributed by atoms with Crippen molar-refractivity contribution in [1.29, 1.82) is 0 Å². The Morgan fingerprint density at radius 2 is 1.50 bits per heavy atom. The summed E-state index contributed by atoms with van der Waals surface area (Å²) in [7, 11) is 1.66. The summed E-state index contributed by atoms with van der Waals surface area (Å²) in [5.41, 5.74) is 3.45. The number of benzene rings is 3. The Kier molecular flexibility index (Phi) is 7.23. The summed E-state index contributed by atoms with van der Waals surface area (Å²) in [6.07, 6.45) is 2.23. The first-order valence-electron chi connectivity index (χ1n) is 11.3. The maximum Gasteiger partial charge on any atom is 0.220 e. The van der Waals surface area contributed by atoms with Gasteiger partial charge >= 0.3 is 0 Å². The van der Waals surface area contributed by atoms with Crippen molar-refractivity contribution in [3.05, 3.63) is 102 Å². The van der Waals surface area contributed by atoms with E-state index in [-0.39, 0.29) is 17.2 Å². The van der Waals surface area contributed by atoms with Gasteiger partial charge in [-0.05, 0) is 41.7 Å². The molecule has 1 fully saturated rings. The number of hydrogen-bond acceptors (Lipinski definition) is 3. The fourth-order valence-electron chi connectivity index (χ4n) is 4.60. The van der Waals surface area contributed by atoms with Crippen LogP contribution in [0.5, 0.6) is 5.75 Å². The van der Waals surface area contributed by atoms with E-state index in [0.29, 0.717) is 13.0 Å². The maximum atomic E-state index is 13.2. The number of nitrogens with one attached hydrogen (secondary N) is 1. The summed E-state index contributed by atoms with van der Waals surface area (Å²) in [6.45, 7) is 2.08. The van der Waals surface area contributed by atoms with Crippen LogP contribution in [0, 0.1) is 0 Å². The minimum Gasteiger partial charge on any atom is -0.497 e. The van der Waals surface area contributed by atoms with Gasteiger partial charge in [0, 0.05) is 37.5 Å². The predicted octanol–water partition coefficient (Wildman–Crippen LogP) is 5.08. The van der Waals surface area contributed by atoms with Gasteiger partial charge in [0.1, 0.15) is 5.75 Å². The number of carbonyl (C=O) groups excluding carboxylic acids is 1. The van der Waals surface area contributed by atoms with Gasteiger partial charge in [0.2, 0.25) is 5.91 Å². The van der Waals surface area contributed by atoms with Crippen LogP contribution in [0.2, 0.25) is 0 Å². The molecule has 0 aromatic heterocycles. The Morgan fingerprint density at radius 3 is 2.12 bits per heavy atom. The van der Waals surface area contributed by atoms with E-state index in [4.69, 9.17) is 9.47 Å². The summed E-state index contributed by atoms with van der Waals surface area (Å²) in [5.74, 6) is 0.871. The summed E-state index contributed by atoms with van der Waals surface area (Å²) < 4.78 is 10.9. The van der Waals surface area contributed by atoms with E-state index < -0.39 is 0 Å². The second-order valence-corrected chi connectivity index (χ2v) is 8.48. The smallest absolute Gasteiger partial charge is 0.220 e. The first-order valence-corrected chi connectivity index (χ1v) is 11.3. The van der Waals surface area contributed by atoms with Gasteiger partial charge < -0.3 is 14.8 Å². The van der Waals surface area contributed by atoms with Crippen molar-refractivity contribution in [2.24, 2.45) is 0 Å². The highest BCUT2D eigenvalue weighted by Gasteiger charge is 2.35. The first-order chi connectivity index (χ1) is 15.7. The maximum absolute atomic E-state index is 13.2. The van der Waals surface area contributed by atoms with Gasteiger partial charge in [-0.25, -0.2) is 0 Å². The molecule has 3 aromatic carbocycles. The molecule has 3 aromatic rings. The van der Waals surface area contributed by atoms with E-state index in [1.54, 1.807) is 7.11 Å². The molecule has 4 heteroatoms. The van der Waals surface area contributed by atoms with E-state index >= 15 is 0 Å². The summed E-state index contributed by atoms with van der Waals surface area (Å²) in [5, 5.41) is 3.27. The van der Waals surface area contributed by atoms with E-state index in [2.05, 4.69) is 41.7 Å². The normalized spacial score (nSPS) is 16.2. The van der Waals surface area contributed by atoms with Crippen LogP contribution in [-0.4, -0.2) is 32.8 Å². The quantitative estimate of drug-likeness (QED) is 0.543. The van der Waals surface area contributed by atoms with Crippen LogP contribution < -0.4 is 10.1 Å². The zero-order chi connectivity index (χ0) is 22.2. The van der Waals surface area contributed by atoms with Crippen LogP contribution in [0.4, 0.5) is 0 Å². The Bertz CT molecular complexity index is 980. The molecule has 0 spiro atoms. The molecular weight excluding hydrogens is 398 g/mol. The van der Waals surface area contributed by atoms with Crippen LogP contribution in [0.25, 0.3) is 0 Å². The largest absolute Gasteiger partial charge is 0.497 e. The van der Waals surface area contributed by atoms with Crippen molar-refractivity contribution in [2.75, 3.05) is 26.9 Å². The topological polar surface area (TPSA) is 47.6 Å². The van der Waals surface area contributed by atoms with Crippen molar-refractivity contribution in [3.8, 4) is 5.75 Å². The second-order valence-electron chi connectivity index (χ2n) is 8.48. The molecule has 0 radical (unpaired) electrons. The Balaban J connectivity index is 1.50. The van der Waals surface area contributed by atoms with Crippen molar-refractivity contribution in [3.63, 3.8) is 0 Å². The number of amides is 1. The van der Waals surface area contributed by atoms with E-state index in [1.807, 2.05) is 48.5 Å². The average Bonchev–Trinajstić information content (AvgIpc) is 2.88. The first kappa shape index (κ1) is 22.1. The molecule has 0 saturated carbocycles. The van der Waals surface area contributed by atoms with Gasteiger partial charge in [0.05, 0.1) is 7.11 Å². The average molecular weight is 430 g/mol. The van der Waals surface area contributed by atoms with Crippen LogP contribution in [0.15, 0.2) is 84.9 Å². The zero-order valence-corrected chi connectivity index (χ0v) is 18.6. The SMILES string of the molecule is COc1ccc(C(CC(=O)NCC2(c3ccccc3)CCOCC2)c2ccccc2)cc1. The minimum atomic E-state index is -0.0719. The zero-order valence-electron chi connectivity index (χ0n) is 18.6. The predicted molar refractivity (Wildman–Crippen MR) is 127 cm³/mol. The van der Waals surface area contributed by atoms with Gasteiger partial charge in [-0.15, -0.1) is 0 Å². The van der Waals surface area contributed by atoms with Gasteiger partial charge in [0.15, 0.2) is 0 Å². The molecule has 1 amide bonds. The standard InChI is InChI=1S/C28H31NO3/c1-31-25-14-12-23(13-15-25)26(22-8-4-2-5-9-22)20-27(30)29-21-28(16-18-32-19-17-28)24-10-6-3-7-11-24/h2-15,26H,16-21H2,1H3,(H,29,30). The number of ether oxygens (including phenoxy) is 2. The van der Waals surface area contributed by atoms with Crippen LogP contribution >= 0.6 is 0 Å². The molecule has 0 bridgehead atoms. The van der Waals surface area contributed by atoms with E-state index in [1.165, 1.54) is 5.56 Å². The molecule has 32 heavy (non-hydrogen) atoms. The fourth-order valence-corrected chi connectivity index (χ4v) is 4.60. The molecule has 166 valence electrons. The van der Waals surface area contributed by atoms with Crippen LogP contribution in [-0.2, 0) is 14.9 Å². The van der Waals surface area contributed by atoms with E-state index in [9.17, 15) is 4.79 Å². The molecule has 1 atom stereocenters. The number of hydrogen-bond donors (Lipinski definition) is 1. The lowest BCUT2D eigenvalue weighted by Crippen LogP contribution is -2.44. The molecule has 1 saturated heterocycles. The molecule has 1 aliphatic rings. The minimum absolute atomic E-state index is 0.00975. The highest BCUT2D eigenvalue weighted by Crippen LogP contribution is 2.35. The lowest BCUT2D eigenvalue weighted by Gasteiger charge is -2.38. The van der Waals surface area contributed by atoms with Crippen LogP contribution in [0.1, 0.15) is 41.9 Å². The molecule has 4 nitrogen and oxygen atoms in total. The van der Waals surface area contributed by atoms with Crippen molar-refractivity contribution < 1.29 is 14.3 Å². The summed E-state index contributed by atoms with van der Waals surface area (Å²) in [4.78, 5) is 13.2. The number of carbonyl (C=O) groups is 1. The second kappa shape index (κ2) is 10.5. The lowest BCUT2D eigenvalue weighted by atomic mass is 9.74.